The number of alkyl halides is 1. The molecule has 1 unspecified atom stereocenters. The molecule has 0 bridgehead atoms. The van der Waals surface area contributed by atoms with Crippen LogP contribution >= 0.6 is 15.9 Å². The van der Waals surface area contributed by atoms with Crippen LogP contribution in [0.15, 0.2) is 48.5 Å². The van der Waals surface area contributed by atoms with Crippen molar-refractivity contribution < 1.29 is 14.3 Å². The lowest BCUT2D eigenvalue weighted by Crippen LogP contribution is -2.40. The van der Waals surface area contributed by atoms with E-state index in [1.54, 1.807) is 0 Å². The van der Waals surface area contributed by atoms with Crippen molar-refractivity contribution in [2.75, 3.05) is 5.33 Å². The van der Waals surface area contributed by atoms with E-state index >= 15 is 0 Å². The third-order valence-electron chi connectivity index (χ3n) is 5.25. The SMILES string of the molecule is CC(C)(C)[Si](C)(C)OCc1cc(C(O)CBr)ccc1OCc1ccccc1. The molecule has 148 valence electrons. The average molecular weight is 451 g/mol. The van der Waals surface area contributed by atoms with Gasteiger partial charge in [0.05, 0.1) is 12.7 Å². The second-order valence-electron chi connectivity index (χ2n) is 8.36. The molecule has 0 heterocycles. The largest absolute Gasteiger partial charge is 0.489 e. The van der Waals surface area contributed by atoms with Gasteiger partial charge in [0, 0.05) is 10.9 Å². The number of halogens is 1. The van der Waals surface area contributed by atoms with Crippen LogP contribution in [0.5, 0.6) is 5.75 Å². The second-order valence-corrected chi connectivity index (χ2v) is 13.8. The summed E-state index contributed by atoms with van der Waals surface area (Å²) in [6, 6.07) is 16.0. The summed E-state index contributed by atoms with van der Waals surface area (Å²) >= 11 is 3.35. The predicted molar refractivity (Wildman–Crippen MR) is 118 cm³/mol. The number of aliphatic hydroxyl groups is 1. The number of rotatable bonds is 8. The minimum atomic E-state index is -1.88. The molecule has 2 rings (SSSR count). The molecule has 27 heavy (non-hydrogen) atoms. The fraction of sp³-hybridized carbons (Fsp3) is 0.455. The Morgan fingerprint density at radius 2 is 1.70 bits per heavy atom. The summed E-state index contributed by atoms with van der Waals surface area (Å²) in [5, 5.41) is 10.8. The predicted octanol–water partition coefficient (Wildman–Crippen LogP) is 6.22. The first-order chi connectivity index (χ1) is 12.6. The smallest absolute Gasteiger partial charge is 0.192 e. The molecule has 2 aromatic carbocycles. The summed E-state index contributed by atoms with van der Waals surface area (Å²) in [5.41, 5.74) is 2.97. The van der Waals surface area contributed by atoms with Crippen molar-refractivity contribution in [1.29, 1.82) is 0 Å². The highest BCUT2D eigenvalue weighted by Gasteiger charge is 2.37. The number of hydrogen-bond acceptors (Lipinski definition) is 3. The molecule has 0 aliphatic heterocycles. The molecule has 0 saturated carbocycles. The lowest BCUT2D eigenvalue weighted by Gasteiger charge is -2.36. The molecule has 0 aromatic heterocycles. The standard InChI is InChI=1S/C22H31BrO3Si/c1-22(2,3)27(4,5)26-16-19-13-18(20(24)14-23)11-12-21(19)25-15-17-9-7-6-8-10-17/h6-13,20,24H,14-16H2,1-5H3. The number of hydrogen-bond donors (Lipinski definition) is 1. The Morgan fingerprint density at radius 3 is 2.30 bits per heavy atom. The van der Waals surface area contributed by atoms with Crippen LogP contribution in [0.25, 0.3) is 0 Å². The van der Waals surface area contributed by atoms with Gasteiger partial charge in [0.25, 0.3) is 0 Å². The molecule has 0 radical (unpaired) electrons. The summed E-state index contributed by atoms with van der Waals surface area (Å²) in [6.07, 6.45) is -0.542. The van der Waals surface area contributed by atoms with E-state index in [-0.39, 0.29) is 5.04 Å². The minimum Gasteiger partial charge on any atom is -0.489 e. The van der Waals surface area contributed by atoms with Crippen LogP contribution < -0.4 is 4.74 Å². The van der Waals surface area contributed by atoms with Gasteiger partial charge in [-0.15, -0.1) is 0 Å². The van der Waals surface area contributed by atoms with E-state index in [0.29, 0.717) is 18.5 Å². The van der Waals surface area contributed by atoms with Crippen LogP contribution in [0.2, 0.25) is 18.1 Å². The zero-order chi connectivity index (χ0) is 20.1. The van der Waals surface area contributed by atoms with Crippen LogP contribution in [0.1, 0.15) is 43.6 Å². The van der Waals surface area contributed by atoms with Gasteiger partial charge in [0.2, 0.25) is 0 Å². The Bertz CT molecular complexity index is 726. The van der Waals surface area contributed by atoms with Crippen LogP contribution in [0.4, 0.5) is 0 Å². The van der Waals surface area contributed by atoms with Gasteiger partial charge in [-0.2, -0.15) is 0 Å². The molecule has 0 aliphatic carbocycles. The van der Waals surface area contributed by atoms with E-state index in [1.165, 1.54) is 0 Å². The van der Waals surface area contributed by atoms with Crippen molar-refractivity contribution in [3.8, 4) is 5.75 Å². The fourth-order valence-corrected chi connectivity index (χ4v) is 3.68. The maximum absolute atomic E-state index is 10.2. The third kappa shape index (κ3) is 6.18. The van der Waals surface area contributed by atoms with Gasteiger partial charge in [-0.3, -0.25) is 0 Å². The summed E-state index contributed by atoms with van der Waals surface area (Å²) in [5.74, 6) is 0.808. The van der Waals surface area contributed by atoms with Gasteiger partial charge >= 0.3 is 0 Å². The van der Waals surface area contributed by atoms with Crippen molar-refractivity contribution in [2.24, 2.45) is 0 Å². The van der Waals surface area contributed by atoms with E-state index in [0.717, 1.165) is 22.4 Å². The van der Waals surface area contributed by atoms with Crippen LogP contribution in [0, 0.1) is 0 Å². The maximum atomic E-state index is 10.2. The summed E-state index contributed by atoms with van der Waals surface area (Å²) in [7, 11) is -1.88. The van der Waals surface area contributed by atoms with Crippen LogP contribution in [-0.2, 0) is 17.6 Å². The van der Waals surface area contributed by atoms with Gasteiger partial charge in [0.15, 0.2) is 8.32 Å². The van der Waals surface area contributed by atoms with Crippen LogP contribution in [0.3, 0.4) is 0 Å². The van der Waals surface area contributed by atoms with E-state index in [9.17, 15) is 5.11 Å². The normalized spacial score (nSPS) is 13.4. The van der Waals surface area contributed by atoms with Gasteiger partial charge < -0.3 is 14.3 Å². The van der Waals surface area contributed by atoms with E-state index in [2.05, 4.69) is 61.9 Å². The monoisotopic (exact) mass is 450 g/mol. The highest BCUT2D eigenvalue weighted by Crippen LogP contribution is 2.38. The molecule has 5 heteroatoms. The molecule has 1 N–H and O–H groups in total. The van der Waals surface area contributed by atoms with Gasteiger partial charge in [-0.1, -0.05) is 73.1 Å². The topological polar surface area (TPSA) is 38.7 Å². The first-order valence-electron chi connectivity index (χ1n) is 9.31. The first-order valence-corrected chi connectivity index (χ1v) is 13.3. The summed E-state index contributed by atoms with van der Waals surface area (Å²) in [4.78, 5) is 0. The number of ether oxygens (including phenoxy) is 1. The lowest BCUT2D eigenvalue weighted by molar-refractivity contribution is 0.204. The lowest BCUT2D eigenvalue weighted by atomic mass is 10.1. The Morgan fingerprint density at radius 1 is 1.04 bits per heavy atom. The van der Waals surface area contributed by atoms with Crippen molar-refractivity contribution >= 4 is 24.2 Å². The zero-order valence-corrected chi connectivity index (χ0v) is 19.5. The molecular weight excluding hydrogens is 420 g/mol. The molecular formula is C22H31BrO3Si. The Kier molecular flexibility index (Phi) is 7.69. The highest BCUT2D eigenvalue weighted by atomic mass is 79.9. The summed E-state index contributed by atoms with van der Waals surface area (Å²) < 4.78 is 12.5. The van der Waals surface area contributed by atoms with E-state index in [4.69, 9.17) is 9.16 Å². The van der Waals surface area contributed by atoms with Gasteiger partial charge in [-0.25, -0.2) is 0 Å². The Labute approximate surface area is 173 Å². The molecule has 1 atom stereocenters. The fourth-order valence-electron chi connectivity index (χ4n) is 2.36. The Balaban J connectivity index is 2.21. The molecule has 0 amide bonds. The van der Waals surface area contributed by atoms with Crippen molar-refractivity contribution in [1.82, 2.24) is 0 Å². The molecule has 0 saturated heterocycles. The van der Waals surface area contributed by atoms with Gasteiger partial charge in [-0.05, 0) is 41.4 Å². The maximum Gasteiger partial charge on any atom is 0.192 e. The van der Waals surface area contributed by atoms with E-state index < -0.39 is 14.4 Å². The molecule has 0 fully saturated rings. The first kappa shape index (κ1) is 22.1. The van der Waals surface area contributed by atoms with E-state index in [1.807, 2.05) is 36.4 Å². The number of aliphatic hydroxyl groups excluding tert-OH is 1. The quantitative estimate of drug-likeness (QED) is 0.383. The molecule has 2 aromatic rings. The molecule has 0 spiro atoms. The Hall–Kier alpha value is -1.14. The molecule has 0 aliphatic rings. The third-order valence-corrected chi connectivity index (χ3v) is 10.3. The zero-order valence-electron chi connectivity index (χ0n) is 17.0. The number of benzene rings is 2. The van der Waals surface area contributed by atoms with Crippen LogP contribution in [-0.4, -0.2) is 18.8 Å². The van der Waals surface area contributed by atoms with Gasteiger partial charge in [0.1, 0.15) is 12.4 Å². The highest BCUT2D eigenvalue weighted by molar-refractivity contribution is 9.09. The summed E-state index contributed by atoms with van der Waals surface area (Å²) in [6.45, 7) is 12.2. The minimum absolute atomic E-state index is 0.144. The molecule has 3 nitrogen and oxygen atoms in total. The average Bonchev–Trinajstić information content (AvgIpc) is 2.64. The van der Waals surface area contributed by atoms with Crippen molar-refractivity contribution in [2.45, 2.75) is 58.2 Å². The van der Waals surface area contributed by atoms with Crippen molar-refractivity contribution in [3.05, 3.63) is 65.2 Å². The second kappa shape index (κ2) is 9.37. The van der Waals surface area contributed by atoms with Crippen molar-refractivity contribution in [3.63, 3.8) is 0 Å².